The third kappa shape index (κ3) is 4.78. The van der Waals surface area contributed by atoms with Gasteiger partial charge in [-0.3, -0.25) is 0 Å². The van der Waals surface area contributed by atoms with Crippen LogP contribution in [-0.4, -0.2) is 36.7 Å². The molecule has 2 unspecified atom stereocenters. The number of ether oxygens (including phenoxy) is 2. The van der Waals surface area contributed by atoms with Crippen molar-refractivity contribution < 1.29 is 31.1 Å². The molecule has 0 spiro atoms. The minimum absolute atomic E-state index is 0.00735. The van der Waals surface area contributed by atoms with E-state index >= 15 is 0 Å². The van der Waals surface area contributed by atoms with Crippen LogP contribution in [0, 0.1) is 11.3 Å². The highest BCUT2D eigenvalue weighted by molar-refractivity contribution is 7.92. The van der Waals surface area contributed by atoms with Crippen molar-refractivity contribution in [3.05, 3.63) is 47.3 Å². The van der Waals surface area contributed by atoms with E-state index in [0.717, 1.165) is 12.1 Å². The van der Waals surface area contributed by atoms with Crippen LogP contribution in [0.5, 0.6) is 0 Å². The number of hydrogen-bond donors (Lipinski definition) is 0. The fraction of sp³-hybridized carbons (Fsp3) is 0.545. The molecule has 0 aliphatic carbocycles. The van der Waals surface area contributed by atoms with Gasteiger partial charge in [-0.2, -0.15) is 23.5 Å². The molecule has 2 heterocycles. The van der Waals surface area contributed by atoms with E-state index in [0.29, 0.717) is 17.5 Å². The van der Waals surface area contributed by atoms with Crippen LogP contribution >= 0.6 is 0 Å². The van der Waals surface area contributed by atoms with E-state index in [1.54, 1.807) is 19.9 Å². The number of sulfone groups is 1. The largest absolute Gasteiger partial charge is 0.416 e. The zero-order valence-corrected chi connectivity index (χ0v) is 19.6. The first kappa shape index (κ1) is 25.2. The van der Waals surface area contributed by atoms with Gasteiger partial charge < -0.3 is 9.47 Å². The van der Waals surface area contributed by atoms with Crippen molar-refractivity contribution in [3.63, 3.8) is 0 Å². The summed E-state index contributed by atoms with van der Waals surface area (Å²) in [4.78, 5) is -0.378. The van der Waals surface area contributed by atoms with E-state index in [1.807, 2.05) is 0 Å². The van der Waals surface area contributed by atoms with E-state index in [1.165, 1.54) is 24.8 Å². The molecule has 0 radical (unpaired) electrons. The van der Waals surface area contributed by atoms with Gasteiger partial charge in [0, 0.05) is 13.7 Å². The highest BCUT2D eigenvalue weighted by Gasteiger charge is 2.46. The van der Waals surface area contributed by atoms with Gasteiger partial charge in [0.25, 0.3) is 0 Å². The molecule has 0 amide bonds. The first-order valence-electron chi connectivity index (χ1n) is 10.3. The van der Waals surface area contributed by atoms with Gasteiger partial charge >= 0.3 is 6.18 Å². The summed E-state index contributed by atoms with van der Waals surface area (Å²) in [5.74, 6) is 0. The lowest BCUT2D eigenvalue weighted by Gasteiger charge is -2.37. The molecular formula is C22H26F3N3O4S. The van der Waals surface area contributed by atoms with Gasteiger partial charge in [0.1, 0.15) is 12.8 Å². The Morgan fingerprint density at radius 2 is 2.03 bits per heavy atom. The van der Waals surface area contributed by atoms with E-state index < -0.39 is 37.8 Å². The van der Waals surface area contributed by atoms with Crippen LogP contribution in [0.15, 0.2) is 35.2 Å². The van der Waals surface area contributed by atoms with Crippen LogP contribution < -0.4 is 0 Å². The zero-order valence-electron chi connectivity index (χ0n) is 18.8. The number of nitriles is 1. The van der Waals surface area contributed by atoms with Crippen molar-refractivity contribution in [2.75, 3.05) is 13.7 Å². The second-order valence-corrected chi connectivity index (χ2v) is 11.4. The molecule has 1 saturated heterocycles. The topological polar surface area (TPSA) is 94.2 Å². The minimum atomic E-state index is -4.65. The number of methoxy groups -OCH3 is 1. The first-order valence-corrected chi connectivity index (χ1v) is 11.8. The summed E-state index contributed by atoms with van der Waals surface area (Å²) in [5, 5.41) is 13.9. The number of halogens is 3. The molecule has 11 heteroatoms. The van der Waals surface area contributed by atoms with Crippen LogP contribution in [0.3, 0.4) is 0 Å². The van der Waals surface area contributed by atoms with E-state index in [2.05, 4.69) is 11.2 Å². The molecule has 0 bridgehead atoms. The Balaban J connectivity index is 2.00. The summed E-state index contributed by atoms with van der Waals surface area (Å²) < 4.78 is 77.6. The average molecular weight is 486 g/mol. The van der Waals surface area contributed by atoms with Gasteiger partial charge in [0.05, 0.1) is 38.1 Å². The molecule has 1 aliphatic heterocycles. The maximum Gasteiger partial charge on any atom is 0.416 e. The third-order valence-corrected chi connectivity index (χ3v) is 8.54. The Labute approximate surface area is 191 Å². The predicted octanol–water partition coefficient (Wildman–Crippen LogP) is 4.39. The summed E-state index contributed by atoms with van der Waals surface area (Å²) in [7, 11) is -2.65. The molecular weight excluding hydrogens is 459 g/mol. The van der Waals surface area contributed by atoms with Crippen LogP contribution in [-0.2, 0) is 37.6 Å². The predicted molar refractivity (Wildman–Crippen MR) is 113 cm³/mol. The van der Waals surface area contributed by atoms with Gasteiger partial charge in [-0.1, -0.05) is 6.07 Å². The third-order valence-electron chi connectivity index (χ3n) is 6.00. The lowest BCUT2D eigenvalue weighted by Crippen LogP contribution is -2.42. The molecule has 1 aromatic heterocycles. The number of rotatable bonds is 6. The minimum Gasteiger partial charge on any atom is -0.372 e. The van der Waals surface area contributed by atoms with Crippen molar-refractivity contribution in [1.29, 1.82) is 5.26 Å². The molecule has 33 heavy (non-hydrogen) atoms. The Morgan fingerprint density at radius 1 is 1.33 bits per heavy atom. The van der Waals surface area contributed by atoms with Gasteiger partial charge in [0.2, 0.25) is 0 Å². The fourth-order valence-corrected chi connectivity index (χ4v) is 5.64. The summed E-state index contributed by atoms with van der Waals surface area (Å²) in [6, 6.07) is 7.67. The van der Waals surface area contributed by atoms with Crippen molar-refractivity contribution in [1.82, 2.24) is 9.78 Å². The molecule has 0 N–H and O–H groups in total. The number of nitrogens with zero attached hydrogens (tertiary/aromatic N) is 3. The van der Waals surface area contributed by atoms with Gasteiger partial charge in [0.15, 0.2) is 9.84 Å². The SMILES string of the molecule is COCn1nc(C(C)(C)C#N)cc1C1CC(C)(S(=O)(=O)c2cccc(C(F)(F)F)c2)CCO1. The number of hydrogen-bond acceptors (Lipinski definition) is 6. The second-order valence-electron chi connectivity index (χ2n) is 8.90. The highest BCUT2D eigenvalue weighted by atomic mass is 32.2. The normalized spacial score (nSPS) is 22.2. The molecule has 3 rings (SSSR count). The van der Waals surface area contributed by atoms with Crippen LogP contribution in [0.25, 0.3) is 0 Å². The lowest BCUT2D eigenvalue weighted by molar-refractivity contribution is -0.137. The molecule has 2 aromatic rings. The van der Waals surface area contributed by atoms with Crippen LogP contribution in [0.2, 0.25) is 0 Å². The monoisotopic (exact) mass is 485 g/mol. The molecule has 180 valence electrons. The van der Waals surface area contributed by atoms with Crippen LogP contribution in [0.1, 0.15) is 56.7 Å². The summed E-state index contributed by atoms with van der Waals surface area (Å²) in [6.45, 7) is 5.10. The van der Waals surface area contributed by atoms with E-state index in [9.17, 15) is 26.9 Å². The molecule has 1 aliphatic rings. The second kappa shape index (κ2) is 8.74. The van der Waals surface area contributed by atoms with Gasteiger partial charge in [-0.05, 0) is 57.9 Å². The summed E-state index contributed by atoms with van der Waals surface area (Å²) in [5.41, 5.74) is -0.887. The smallest absolute Gasteiger partial charge is 0.372 e. The Bertz CT molecular complexity index is 1170. The van der Waals surface area contributed by atoms with Gasteiger partial charge in [-0.15, -0.1) is 0 Å². The van der Waals surface area contributed by atoms with Crippen LogP contribution in [0.4, 0.5) is 13.2 Å². The Hall–Kier alpha value is -2.42. The average Bonchev–Trinajstić information content (AvgIpc) is 3.18. The number of benzene rings is 1. The molecule has 0 saturated carbocycles. The summed E-state index contributed by atoms with van der Waals surface area (Å²) in [6.07, 6.45) is -5.22. The van der Waals surface area contributed by atoms with Crippen molar-refractivity contribution >= 4 is 9.84 Å². The zero-order chi connectivity index (χ0) is 24.7. The maximum atomic E-state index is 13.5. The van der Waals surface area contributed by atoms with Crippen molar-refractivity contribution in [2.45, 2.75) is 67.7 Å². The standard InChI is InChI=1S/C22H26F3N3O4S/c1-20(2,13-26)19-11-17(28(27-19)14-31-4)18-12-21(3,8-9-32-18)33(29,30)16-7-5-6-15(10-16)22(23,24)25/h5-7,10-11,18H,8-9,12,14H2,1-4H3. The Morgan fingerprint density at radius 3 is 2.64 bits per heavy atom. The first-order chi connectivity index (χ1) is 15.2. The van der Waals surface area contributed by atoms with Crippen molar-refractivity contribution in [2.24, 2.45) is 0 Å². The quantitative estimate of drug-likeness (QED) is 0.602. The van der Waals surface area contributed by atoms with E-state index in [-0.39, 0.29) is 31.1 Å². The molecule has 7 nitrogen and oxygen atoms in total. The molecule has 1 fully saturated rings. The number of aromatic nitrogens is 2. The molecule has 1 aromatic carbocycles. The molecule has 2 atom stereocenters. The summed E-state index contributed by atoms with van der Waals surface area (Å²) >= 11 is 0. The lowest BCUT2D eigenvalue weighted by atomic mass is 9.90. The van der Waals surface area contributed by atoms with Gasteiger partial charge in [-0.25, -0.2) is 13.1 Å². The number of alkyl halides is 3. The van der Waals surface area contributed by atoms with E-state index in [4.69, 9.17) is 9.47 Å². The van der Waals surface area contributed by atoms with Crippen molar-refractivity contribution in [3.8, 4) is 6.07 Å². The Kier molecular flexibility index (Phi) is 6.68. The maximum absolute atomic E-state index is 13.5. The highest BCUT2D eigenvalue weighted by Crippen LogP contribution is 2.43. The fourth-order valence-electron chi connectivity index (χ4n) is 3.81.